The number of hydrogen-bond acceptors (Lipinski definition) is 3. The van der Waals surface area contributed by atoms with E-state index in [1.807, 2.05) is 12.1 Å². The molecule has 0 spiro atoms. The van der Waals surface area contributed by atoms with E-state index in [2.05, 4.69) is 5.32 Å². The SMILES string of the molecule is O=C(O)CCc1ccc(NC(=O)N2CCCC(O)C2)cc1. The van der Waals surface area contributed by atoms with Crippen molar-refractivity contribution in [3.63, 3.8) is 0 Å². The van der Waals surface area contributed by atoms with Gasteiger partial charge in [0.25, 0.3) is 0 Å². The summed E-state index contributed by atoms with van der Waals surface area (Å²) < 4.78 is 0. The highest BCUT2D eigenvalue weighted by Crippen LogP contribution is 2.14. The molecule has 6 nitrogen and oxygen atoms in total. The molecule has 3 N–H and O–H groups in total. The number of aliphatic hydroxyl groups excluding tert-OH is 1. The van der Waals surface area contributed by atoms with Crippen LogP contribution < -0.4 is 5.32 Å². The number of carbonyl (C=O) groups excluding carboxylic acids is 1. The number of piperidine rings is 1. The monoisotopic (exact) mass is 292 g/mol. The molecule has 1 atom stereocenters. The molecular weight excluding hydrogens is 272 g/mol. The Bertz CT molecular complexity index is 501. The number of aliphatic hydroxyl groups is 1. The number of likely N-dealkylation sites (tertiary alicyclic amines) is 1. The Hall–Kier alpha value is -2.08. The van der Waals surface area contributed by atoms with E-state index in [9.17, 15) is 14.7 Å². The van der Waals surface area contributed by atoms with Gasteiger partial charge in [-0.1, -0.05) is 12.1 Å². The lowest BCUT2D eigenvalue weighted by Gasteiger charge is -2.30. The summed E-state index contributed by atoms with van der Waals surface area (Å²) in [5, 5.41) is 21.0. The average molecular weight is 292 g/mol. The number of carboxylic acid groups (broad SMARTS) is 1. The molecule has 21 heavy (non-hydrogen) atoms. The second kappa shape index (κ2) is 7.08. The molecule has 6 heteroatoms. The summed E-state index contributed by atoms with van der Waals surface area (Å²) in [6.07, 6.45) is 1.67. The molecule has 2 amide bonds. The molecule has 114 valence electrons. The maximum absolute atomic E-state index is 12.0. The highest BCUT2D eigenvalue weighted by Gasteiger charge is 2.21. The molecule has 1 heterocycles. The fraction of sp³-hybridized carbons (Fsp3) is 0.467. The summed E-state index contributed by atoms with van der Waals surface area (Å²) >= 11 is 0. The van der Waals surface area contributed by atoms with Gasteiger partial charge >= 0.3 is 12.0 Å². The Labute approximate surface area is 123 Å². The van der Waals surface area contributed by atoms with Crippen LogP contribution in [-0.2, 0) is 11.2 Å². The van der Waals surface area contributed by atoms with Crippen molar-refractivity contribution in [2.75, 3.05) is 18.4 Å². The fourth-order valence-electron chi connectivity index (χ4n) is 2.35. The van der Waals surface area contributed by atoms with Crippen molar-refractivity contribution >= 4 is 17.7 Å². The third-order valence-corrected chi connectivity index (χ3v) is 3.52. The van der Waals surface area contributed by atoms with E-state index in [-0.39, 0.29) is 12.5 Å². The number of β-amino-alcohol motifs (C(OH)–C–C–N with tert-alkyl or cyclic N) is 1. The van der Waals surface area contributed by atoms with Crippen LogP contribution in [0.2, 0.25) is 0 Å². The van der Waals surface area contributed by atoms with Gasteiger partial charge in [0, 0.05) is 25.2 Å². The highest BCUT2D eigenvalue weighted by molar-refractivity contribution is 5.89. The number of benzene rings is 1. The molecule has 1 unspecified atom stereocenters. The summed E-state index contributed by atoms with van der Waals surface area (Å²) in [5.41, 5.74) is 1.59. The van der Waals surface area contributed by atoms with Gasteiger partial charge in [-0.05, 0) is 37.0 Å². The Morgan fingerprint density at radius 2 is 2.00 bits per heavy atom. The van der Waals surface area contributed by atoms with Crippen LogP contribution in [0.1, 0.15) is 24.8 Å². The molecule has 0 radical (unpaired) electrons. The van der Waals surface area contributed by atoms with Gasteiger partial charge in [-0.25, -0.2) is 4.79 Å². The van der Waals surface area contributed by atoms with Crippen LogP contribution in [0.15, 0.2) is 24.3 Å². The van der Waals surface area contributed by atoms with E-state index in [1.54, 1.807) is 17.0 Å². The molecule has 2 rings (SSSR count). The Morgan fingerprint density at radius 3 is 2.62 bits per heavy atom. The first-order valence-electron chi connectivity index (χ1n) is 7.09. The van der Waals surface area contributed by atoms with Crippen LogP contribution >= 0.6 is 0 Å². The number of rotatable bonds is 4. The lowest BCUT2D eigenvalue weighted by molar-refractivity contribution is -0.136. The molecule has 0 aliphatic carbocycles. The zero-order valence-electron chi connectivity index (χ0n) is 11.8. The number of nitrogens with one attached hydrogen (secondary N) is 1. The van der Waals surface area contributed by atoms with Crippen molar-refractivity contribution in [1.29, 1.82) is 0 Å². The van der Waals surface area contributed by atoms with E-state index in [0.717, 1.165) is 18.4 Å². The third-order valence-electron chi connectivity index (χ3n) is 3.52. The average Bonchev–Trinajstić information content (AvgIpc) is 2.46. The van der Waals surface area contributed by atoms with Crippen molar-refractivity contribution in [1.82, 2.24) is 4.90 Å². The minimum atomic E-state index is -0.823. The molecule has 0 saturated carbocycles. The number of aryl methyl sites for hydroxylation is 1. The highest BCUT2D eigenvalue weighted by atomic mass is 16.4. The lowest BCUT2D eigenvalue weighted by atomic mass is 10.1. The number of amides is 2. The van der Waals surface area contributed by atoms with Crippen LogP contribution in [0.25, 0.3) is 0 Å². The predicted octanol–water partition coefficient (Wildman–Crippen LogP) is 1.69. The minimum Gasteiger partial charge on any atom is -0.481 e. The number of hydrogen-bond donors (Lipinski definition) is 3. The number of carboxylic acids is 1. The first kappa shape index (κ1) is 15.3. The summed E-state index contributed by atoms with van der Waals surface area (Å²) in [6, 6.07) is 6.92. The second-order valence-corrected chi connectivity index (χ2v) is 5.26. The quantitative estimate of drug-likeness (QED) is 0.787. The number of nitrogens with zero attached hydrogens (tertiary/aromatic N) is 1. The largest absolute Gasteiger partial charge is 0.481 e. The van der Waals surface area contributed by atoms with Gasteiger partial charge in [0.2, 0.25) is 0 Å². The maximum atomic E-state index is 12.0. The number of urea groups is 1. The molecule has 1 fully saturated rings. The van der Waals surface area contributed by atoms with Gasteiger partial charge in [-0.3, -0.25) is 4.79 Å². The zero-order valence-corrected chi connectivity index (χ0v) is 11.8. The van der Waals surface area contributed by atoms with Crippen molar-refractivity contribution in [2.24, 2.45) is 0 Å². The first-order valence-corrected chi connectivity index (χ1v) is 7.09. The molecule has 0 aromatic heterocycles. The summed E-state index contributed by atoms with van der Waals surface area (Å²) in [5.74, 6) is -0.823. The van der Waals surface area contributed by atoms with Crippen LogP contribution in [0.4, 0.5) is 10.5 Å². The van der Waals surface area contributed by atoms with Crippen LogP contribution in [-0.4, -0.2) is 46.3 Å². The molecule has 1 aromatic rings. The smallest absolute Gasteiger partial charge is 0.321 e. The van der Waals surface area contributed by atoms with E-state index in [4.69, 9.17) is 5.11 Å². The van der Waals surface area contributed by atoms with Crippen molar-refractivity contribution in [2.45, 2.75) is 31.8 Å². The lowest BCUT2D eigenvalue weighted by Crippen LogP contribution is -2.44. The maximum Gasteiger partial charge on any atom is 0.321 e. The van der Waals surface area contributed by atoms with E-state index < -0.39 is 12.1 Å². The molecule has 1 saturated heterocycles. The summed E-state index contributed by atoms with van der Waals surface area (Å²) in [7, 11) is 0. The Balaban J connectivity index is 1.87. The summed E-state index contributed by atoms with van der Waals surface area (Å²) in [6.45, 7) is 1.02. The van der Waals surface area contributed by atoms with Crippen molar-refractivity contribution < 1.29 is 19.8 Å². The third kappa shape index (κ3) is 4.75. The van der Waals surface area contributed by atoms with Gasteiger partial charge < -0.3 is 20.4 Å². The number of carbonyl (C=O) groups is 2. The van der Waals surface area contributed by atoms with Gasteiger partial charge in [-0.15, -0.1) is 0 Å². The minimum absolute atomic E-state index is 0.0946. The summed E-state index contributed by atoms with van der Waals surface area (Å²) in [4.78, 5) is 24.1. The molecule has 1 aromatic carbocycles. The predicted molar refractivity (Wildman–Crippen MR) is 78.2 cm³/mol. The van der Waals surface area contributed by atoms with Crippen molar-refractivity contribution in [3.05, 3.63) is 29.8 Å². The normalized spacial score (nSPS) is 18.3. The first-order chi connectivity index (χ1) is 10.0. The molecule has 0 bridgehead atoms. The van der Waals surface area contributed by atoms with Crippen LogP contribution in [0, 0.1) is 0 Å². The van der Waals surface area contributed by atoms with Crippen LogP contribution in [0.3, 0.4) is 0 Å². The molecule has 1 aliphatic rings. The Morgan fingerprint density at radius 1 is 1.29 bits per heavy atom. The van der Waals surface area contributed by atoms with Gasteiger partial charge in [0.05, 0.1) is 6.10 Å². The van der Waals surface area contributed by atoms with Gasteiger partial charge in [-0.2, -0.15) is 0 Å². The molecular formula is C15H20N2O4. The fourth-order valence-corrected chi connectivity index (χ4v) is 2.35. The zero-order chi connectivity index (χ0) is 15.2. The van der Waals surface area contributed by atoms with Gasteiger partial charge in [0.1, 0.15) is 0 Å². The standard InChI is InChI=1S/C15H20N2O4/c18-13-2-1-9-17(10-13)15(21)16-12-6-3-11(4-7-12)5-8-14(19)20/h3-4,6-7,13,18H,1-2,5,8-10H2,(H,16,21)(H,19,20). The van der Waals surface area contributed by atoms with Gasteiger partial charge in [0.15, 0.2) is 0 Å². The topological polar surface area (TPSA) is 89.9 Å². The van der Waals surface area contributed by atoms with E-state index in [1.165, 1.54) is 0 Å². The Kier molecular flexibility index (Phi) is 5.16. The molecule has 1 aliphatic heterocycles. The van der Waals surface area contributed by atoms with Crippen LogP contribution in [0.5, 0.6) is 0 Å². The van der Waals surface area contributed by atoms with Crippen molar-refractivity contribution in [3.8, 4) is 0 Å². The second-order valence-electron chi connectivity index (χ2n) is 5.26. The van der Waals surface area contributed by atoms with E-state index >= 15 is 0 Å². The number of anilines is 1. The number of aliphatic carboxylic acids is 1. The van der Waals surface area contributed by atoms with E-state index in [0.29, 0.717) is 25.2 Å².